The van der Waals surface area contributed by atoms with Crippen molar-refractivity contribution in [3.63, 3.8) is 0 Å². The van der Waals surface area contributed by atoms with Gasteiger partial charge in [-0.05, 0) is 19.1 Å². The fourth-order valence-corrected chi connectivity index (χ4v) is 1.42. The largest absolute Gasteiger partial charge is 0.478 e. The molecular formula is C12H10N4O4. The van der Waals surface area contributed by atoms with Gasteiger partial charge in [-0.15, -0.1) is 0 Å². The monoisotopic (exact) mass is 274 g/mol. The number of hydrogen-bond acceptors (Lipinski definition) is 6. The number of amides is 1. The molecule has 2 aromatic rings. The van der Waals surface area contributed by atoms with Gasteiger partial charge >= 0.3 is 12.0 Å². The summed E-state index contributed by atoms with van der Waals surface area (Å²) in [5, 5.41) is 14.6. The minimum absolute atomic E-state index is 0.0301. The van der Waals surface area contributed by atoms with Crippen molar-refractivity contribution in [3.8, 4) is 0 Å². The number of carboxylic acid groups (broad SMARTS) is 1. The van der Waals surface area contributed by atoms with E-state index in [1.165, 1.54) is 24.5 Å². The van der Waals surface area contributed by atoms with Gasteiger partial charge in [-0.1, -0.05) is 5.16 Å². The van der Waals surface area contributed by atoms with Gasteiger partial charge in [-0.25, -0.2) is 4.79 Å². The van der Waals surface area contributed by atoms with Crippen LogP contribution in [-0.4, -0.2) is 32.1 Å². The van der Waals surface area contributed by atoms with Gasteiger partial charge in [0, 0.05) is 24.0 Å². The molecule has 0 atom stereocenters. The van der Waals surface area contributed by atoms with Gasteiger partial charge < -0.3 is 9.63 Å². The van der Waals surface area contributed by atoms with Crippen molar-refractivity contribution in [1.29, 1.82) is 0 Å². The second kappa shape index (κ2) is 5.74. The average Bonchev–Trinajstić information content (AvgIpc) is 2.82. The Labute approximate surface area is 113 Å². The molecule has 1 amide bonds. The highest BCUT2D eigenvalue weighted by Gasteiger charge is 2.13. The fourth-order valence-electron chi connectivity index (χ4n) is 1.42. The van der Waals surface area contributed by atoms with Crippen LogP contribution in [-0.2, 0) is 4.79 Å². The van der Waals surface area contributed by atoms with E-state index in [4.69, 9.17) is 9.63 Å². The Morgan fingerprint density at radius 3 is 2.90 bits per heavy atom. The molecule has 20 heavy (non-hydrogen) atoms. The van der Waals surface area contributed by atoms with Crippen molar-refractivity contribution >= 4 is 24.0 Å². The normalized spacial score (nSPS) is 10.7. The number of anilines is 1. The fraction of sp³-hybridized carbons (Fsp3) is 0.0833. The van der Waals surface area contributed by atoms with Crippen LogP contribution in [0.15, 0.2) is 29.1 Å². The van der Waals surface area contributed by atoms with Crippen LogP contribution in [0.3, 0.4) is 0 Å². The summed E-state index contributed by atoms with van der Waals surface area (Å²) in [5.74, 6) is -1.23. The number of nitrogens with zero attached hydrogens (tertiary/aromatic N) is 3. The minimum atomic E-state index is -1.12. The molecule has 0 unspecified atom stereocenters. The topological polar surface area (TPSA) is 118 Å². The van der Waals surface area contributed by atoms with Gasteiger partial charge in [-0.2, -0.15) is 4.98 Å². The highest BCUT2D eigenvalue weighted by Crippen LogP contribution is 2.12. The first kappa shape index (κ1) is 13.4. The number of rotatable bonds is 4. The van der Waals surface area contributed by atoms with Crippen molar-refractivity contribution in [2.75, 3.05) is 5.32 Å². The molecule has 0 saturated carbocycles. The zero-order valence-electron chi connectivity index (χ0n) is 10.4. The highest BCUT2D eigenvalue weighted by molar-refractivity contribution is 6.06. The van der Waals surface area contributed by atoms with Gasteiger partial charge in [0.2, 0.25) is 0 Å². The predicted molar refractivity (Wildman–Crippen MR) is 67.9 cm³/mol. The van der Waals surface area contributed by atoms with Crippen LogP contribution in [0, 0.1) is 6.92 Å². The SMILES string of the molecule is Cc1noc(NC(=O)c2ccncc2/C=C/C(=O)O)n1. The van der Waals surface area contributed by atoms with E-state index in [1.807, 2.05) is 0 Å². The third-order valence-corrected chi connectivity index (χ3v) is 2.25. The van der Waals surface area contributed by atoms with Gasteiger partial charge in [0.25, 0.3) is 5.91 Å². The molecule has 8 nitrogen and oxygen atoms in total. The smallest absolute Gasteiger partial charge is 0.328 e. The first-order valence-corrected chi connectivity index (χ1v) is 5.53. The predicted octanol–water partition coefficient (Wildman–Crippen LogP) is 1.12. The molecule has 102 valence electrons. The number of hydrogen-bond donors (Lipinski definition) is 2. The molecule has 0 aliphatic rings. The molecule has 2 N–H and O–H groups in total. The van der Waals surface area contributed by atoms with E-state index < -0.39 is 11.9 Å². The zero-order valence-corrected chi connectivity index (χ0v) is 10.4. The number of aromatic nitrogens is 3. The first-order chi connectivity index (χ1) is 9.56. The number of carbonyl (C=O) groups is 2. The Morgan fingerprint density at radius 2 is 2.25 bits per heavy atom. The van der Waals surface area contributed by atoms with Crippen LogP contribution in [0.5, 0.6) is 0 Å². The maximum atomic E-state index is 12.0. The lowest BCUT2D eigenvalue weighted by Gasteiger charge is -2.03. The third-order valence-electron chi connectivity index (χ3n) is 2.25. The number of nitrogens with one attached hydrogen (secondary N) is 1. The maximum Gasteiger partial charge on any atom is 0.328 e. The molecular weight excluding hydrogens is 264 g/mol. The molecule has 0 aliphatic heterocycles. The van der Waals surface area contributed by atoms with Crippen molar-refractivity contribution < 1.29 is 19.2 Å². The van der Waals surface area contributed by atoms with Crippen molar-refractivity contribution in [3.05, 3.63) is 41.5 Å². The standard InChI is InChI=1S/C12H10N4O4/c1-7-14-12(20-16-7)15-11(19)9-4-5-13-6-8(9)2-3-10(17)18/h2-6H,1H3,(H,17,18)(H,14,15,16,19)/b3-2+. The Hall–Kier alpha value is -3.03. The number of carbonyl (C=O) groups excluding carboxylic acids is 1. The molecule has 2 aromatic heterocycles. The third kappa shape index (κ3) is 3.25. The van der Waals surface area contributed by atoms with Crippen LogP contribution in [0.25, 0.3) is 6.08 Å². The summed E-state index contributed by atoms with van der Waals surface area (Å²) in [6.07, 6.45) is 5.01. The summed E-state index contributed by atoms with van der Waals surface area (Å²) in [6.45, 7) is 1.62. The summed E-state index contributed by atoms with van der Waals surface area (Å²) < 4.78 is 4.77. The van der Waals surface area contributed by atoms with Crippen LogP contribution in [0.1, 0.15) is 21.7 Å². The maximum absolute atomic E-state index is 12.0. The van der Waals surface area contributed by atoms with Gasteiger partial charge in [0.15, 0.2) is 5.82 Å². The van der Waals surface area contributed by atoms with Gasteiger partial charge in [-0.3, -0.25) is 15.1 Å². The van der Waals surface area contributed by atoms with Crippen LogP contribution < -0.4 is 5.32 Å². The second-order valence-corrected chi connectivity index (χ2v) is 3.74. The molecule has 0 bridgehead atoms. The summed E-state index contributed by atoms with van der Waals surface area (Å²) in [4.78, 5) is 30.2. The average molecular weight is 274 g/mol. The van der Waals surface area contributed by atoms with E-state index in [9.17, 15) is 9.59 Å². The summed E-state index contributed by atoms with van der Waals surface area (Å²) in [5.41, 5.74) is 0.608. The van der Waals surface area contributed by atoms with Crippen molar-refractivity contribution in [2.45, 2.75) is 6.92 Å². The molecule has 0 aromatic carbocycles. The Morgan fingerprint density at radius 1 is 1.45 bits per heavy atom. The number of aliphatic carboxylic acids is 1. The Balaban J connectivity index is 2.23. The zero-order chi connectivity index (χ0) is 14.5. The molecule has 0 fully saturated rings. The first-order valence-electron chi connectivity index (χ1n) is 5.53. The molecule has 0 saturated heterocycles. The van der Waals surface area contributed by atoms with E-state index in [2.05, 4.69) is 20.4 Å². The van der Waals surface area contributed by atoms with E-state index in [0.29, 0.717) is 11.4 Å². The number of carboxylic acids is 1. The molecule has 0 aliphatic carbocycles. The quantitative estimate of drug-likeness (QED) is 0.802. The second-order valence-electron chi connectivity index (χ2n) is 3.74. The lowest BCUT2D eigenvalue weighted by Crippen LogP contribution is -2.13. The number of aryl methyl sites for hydroxylation is 1. The van der Waals surface area contributed by atoms with Crippen LogP contribution in [0.4, 0.5) is 6.01 Å². The number of pyridine rings is 1. The molecule has 2 rings (SSSR count). The minimum Gasteiger partial charge on any atom is -0.478 e. The van der Waals surface area contributed by atoms with E-state index in [0.717, 1.165) is 6.08 Å². The lowest BCUT2D eigenvalue weighted by molar-refractivity contribution is -0.131. The van der Waals surface area contributed by atoms with Crippen LogP contribution >= 0.6 is 0 Å². The van der Waals surface area contributed by atoms with E-state index in [-0.39, 0.29) is 11.6 Å². The van der Waals surface area contributed by atoms with Gasteiger partial charge in [0.05, 0.1) is 5.56 Å². The Bertz CT molecular complexity index is 678. The summed E-state index contributed by atoms with van der Waals surface area (Å²) in [6, 6.07) is 1.43. The molecule has 8 heteroatoms. The van der Waals surface area contributed by atoms with Gasteiger partial charge in [0.1, 0.15) is 0 Å². The van der Waals surface area contributed by atoms with Crippen molar-refractivity contribution in [1.82, 2.24) is 15.1 Å². The summed E-state index contributed by atoms with van der Waals surface area (Å²) >= 11 is 0. The molecule has 0 spiro atoms. The Kier molecular flexibility index (Phi) is 3.85. The molecule has 0 radical (unpaired) electrons. The summed E-state index contributed by atoms with van der Waals surface area (Å²) in [7, 11) is 0. The lowest BCUT2D eigenvalue weighted by atomic mass is 10.1. The van der Waals surface area contributed by atoms with E-state index in [1.54, 1.807) is 6.92 Å². The van der Waals surface area contributed by atoms with E-state index >= 15 is 0 Å². The van der Waals surface area contributed by atoms with Crippen LogP contribution in [0.2, 0.25) is 0 Å². The highest BCUT2D eigenvalue weighted by atomic mass is 16.5. The molecule has 2 heterocycles. The van der Waals surface area contributed by atoms with Crippen molar-refractivity contribution in [2.24, 2.45) is 0 Å².